The molecule has 0 aliphatic rings. The molecule has 0 spiro atoms. The molecule has 0 unspecified atom stereocenters. The van der Waals surface area contributed by atoms with E-state index in [1.54, 1.807) is 0 Å². The van der Waals surface area contributed by atoms with Crippen molar-refractivity contribution in [3.05, 3.63) is 38.0 Å². The van der Waals surface area contributed by atoms with Crippen LogP contribution in [0.4, 0.5) is 0 Å². The van der Waals surface area contributed by atoms with Gasteiger partial charge >= 0.3 is 5.97 Å². The third-order valence-corrected chi connectivity index (χ3v) is 3.97. The summed E-state index contributed by atoms with van der Waals surface area (Å²) in [6, 6.07) is 1.44. The summed E-state index contributed by atoms with van der Waals surface area (Å²) < 4.78 is 0. The fourth-order valence-electron chi connectivity index (χ4n) is 1.43. The fraction of sp³-hybridized carbons (Fsp3) is 0.182. The van der Waals surface area contributed by atoms with E-state index in [1.165, 1.54) is 22.8 Å². The molecule has 9 heteroatoms. The predicted molar refractivity (Wildman–Crippen MR) is 75.9 cm³/mol. The van der Waals surface area contributed by atoms with E-state index in [9.17, 15) is 9.59 Å². The van der Waals surface area contributed by atoms with Gasteiger partial charge in [-0.1, -0.05) is 23.2 Å². The van der Waals surface area contributed by atoms with Gasteiger partial charge in [0.15, 0.2) is 5.69 Å². The van der Waals surface area contributed by atoms with Crippen molar-refractivity contribution >= 4 is 46.4 Å². The Labute approximate surface area is 127 Å². The number of amides is 1. The van der Waals surface area contributed by atoms with Crippen LogP contribution in [0.2, 0.25) is 10.2 Å². The first-order valence-electron chi connectivity index (χ1n) is 5.47. The number of halogens is 2. The second-order valence-corrected chi connectivity index (χ2v) is 5.51. The van der Waals surface area contributed by atoms with Crippen molar-refractivity contribution < 1.29 is 14.7 Å². The molecule has 0 aliphatic carbocycles. The van der Waals surface area contributed by atoms with Crippen molar-refractivity contribution in [2.75, 3.05) is 6.54 Å². The van der Waals surface area contributed by atoms with Crippen LogP contribution in [0, 0.1) is 0 Å². The smallest absolute Gasteiger partial charge is 0.355 e. The summed E-state index contributed by atoms with van der Waals surface area (Å²) in [6.07, 6.45) is 0.450. The van der Waals surface area contributed by atoms with Gasteiger partial charge in [0.25, 0.3) is 5.91 Å². The Hall–Kier alpha value is -1.57. The van der Waals surface area contributed by atoms with Crippen molar-refractivity contribution in [3.8, 4) is 0 Å². The van der Waals surface area contributed by atoms with Crippen LogP contribution < -0.4 is 5.32 Å². The molecular formula is C11H9Cl2N3O3S. The Kier molecular flexibility index (Phi) is 4.64. The van der Waals surface area contributed by atoms with Crippen LogP contribution in [0.15, 0.2) is 11.4 Å². The van der Waals surface area contributed by atoms with Crippen molar-refractivity contribution in [1.82, 2.24) is 15.3 Å². The summed E-state index contributed by atoms with van der Waals surface area (Å²) in [6.45, 7) is 0.333. The van der Waals surface area contributed by atoms with Gasteiger partial charge in [0.1, 0.15) is 10.8 Å². The lowest BCUT2D eigenvalue weighted by molar-refractivity contribution is 0.0690. The van der Waals surface area contributed by atoms with Gasteiger partial charge in [-0.2, -0.15) is 0 Å². The van der Waals surface area contributed by atoms with Gasteiger partial charge in [-0.3, -0.25) is 4.79 Å². The molecule has 2 heterocycles. The van der Waals surface area contributed by atoms with Crippen LogP contribution in [-0.2, 0) is 6.42 Å². The molecule has 0 aromatic carbocycles. The molecule has 0 atom stereocenters. The molecule has 0 fully saturated rings. The lowest BCUT2D eigenvalue weighted by Crippen LogP contribution is -2.25. The number of carbonyl (C=O) groups is 2. The molecule has 106 valence electrons. The number of H-pyrrole nitrogens is 1. The number of nitrogens with one attached hydrogen (secondary N) is 2. The highest BCUT2D eigenvalue weighted by atomic mass is 35.5. The highest BCUT2D eigenvalue weighted by molar-refractivity contribution is 7.09. The van der Waals surface area contributed by atoms with Crippen LogP contribution in [0.1, 0.15) is 26.0 Å². The molecular weight excluding hydrogens is 325 g/mol. The number of carboxylic acids is 1. The maximum absolute atomic E-state index is 11.7. The third kappa shape index (κ3) is 3.50. The maximum atomic E-state index is 11.7. The summed E-state index contributed by atoms with van der Waals surface area (Å²) in [5.74, 6) is -1.40. The minimum atomic E-state index is -1.06. The van der Waals surface area contributed by atoms with E-state index in [1.807, 2.05) is 0 Å². The van der Waals surface area contributed by atoms with Gasteiger partial charge in [0, 0.05) is 18.3 Å². The second-order valence-electron chi connectivity index (χ2n) is 3.78. The van der Waals surface area contributed by atoms with Crippen molar-refractivity contribution in [2.45, 2.75) is 6.42 Å². The Morgan fingerprint density at radius 2 is 2.20 bits per heavy atom. The lowest BCUT2D eigenvalue weighted by Gasteiger charge is -2.01. The number of carboxylic acid groups (broad SMARTS) is 1. The van der Waals surface area contributed by atoms with Gasteiger partial charge in [-0.25, -0.2) is 9.78 Å². The van der Waals surface area contributed by atoms with Gasteiger partial charge in [0.2, 0.25) is 0 Å². The number of aromatic nitrogens is 2. The second kappa shape index (κ2) is 6.25. The Bertz CT molecular complexity index is 634. The van der Waals surface area contributed by atoms with E-state index in [0.29, 0.717) is 18.0 Å². The quantitative estimate of drug-likeness (QED) is 0.783. The average molecular weight is 334 g/mol. The highest BCUT2D eigenvalue weighted by Crippen LogP contribution is 2.21. The molecule has 3 N–H and O–H groups in total. The Morgan fingerprint density at radius 3 is 2.75 bits per heavy atom. The van der Waals surface area contributed by atoms with Crippen LogP contribution in [0.25, 0.3) is 0 Å². The summed E-state index contributed by atoms with van der Waals surface area (Å²) in [5.41, 5.74) is 0.282. The molecule has 2 aromatic heterocycles. The molecule has 1 amide bonds. The summed E-state index contributed by atoms with van der Waals surface area (Å²) in [7, 11) is 0. The summed E-state index contributed by atoms with van der Waals surface area (Å²) >= 11 is 12.7. The highest BCUT2D eigenvalue weighted by Gasteiger charge is 2.12. The average Bonchev–Trinajstić information content (AvgIpc) is 2.98. The number of rotatable bonds is 5. The van der Waals surface area contributed by atoms with Gasteiger partial charge < -0.3 is 15.4 Å². The van der Waals surface area contributed by atoms with Crippen molar-refractivity contribution in [3.63, 3.8) is 0 Å². The van der Waals surface area contributed by atoms with Crippen molar-refractivity contribution in [2.24, 2.45) is 0 Å². The molecule has 0 saturated heterocycles. The van der Waals surface area contributed by atoms with E-state index < -0.39 is 5.97 Å². The SMILES string of the molecule is O=C(O)c1csc(CCNC(=O)c2cc(Cl)c(Cl)[nH]2)n1. The lowest BCUT2D eigenvalue weighted by atomic mass is 10.3. The first-order valence-corrected chi connectivity index (χ1v) is 7.11. The Morgan fingerprint density at radius 1 is 1.45 bits per heavy atom. The van der Waals surface area contributed by atoms with Crippen LogP contribution in [-0.4, -0.2) is 33.5 Å². The molecule has 2 rings (SSSR count). The number of nitrogens with zero attached hydrogens (tertiary/aromatic N) is 1. The van der Waals surface area contributed by atoms with Gasteiger partial charge in [-0.05, 0) is 6.07 Å². The minimum Gasteiger partial charge on any atom is -0.476 e. The topological polar surface area (TPSA) is 95.1 Å². The van der Waals surface area contributed by atoms with Crippen LogP contribution in [0.3, 0.4) is 0 Å². The molecule has 0 aliphatic heterocycles. The van der Waals surface area contributed by atoms with E-state index in [0.717, 1.165) is 0 Å². The number of thiazole rings is 1. The molecule has 0 radical (unpaired) electrons. The van der Waals surface area contributed by atoms with Crippen molar-refractivity contribution in [1.29, 1.82) is 0 Å². The van der Waals surface area contributed by atoms with Gasteiger partial charge in [0.05, 0.1) is 10.0 Å². The number of carbonyl (C=O) groups excluding carboxylic acids is 1. The Balaban J connectivity index is 1.86. The van der Waals surface area contributed by atoms with E-state index in [2.05, 4.69) is 15.3 Å². The summed E-state index contributed by atoms with van der Waals surface area (Å²) in [5, 5.41) is 14.0. The number of aromatic amines is 1. The molecule has 6 nitrogen and oxygen atoms in total. The zero-order valence-electron chi connectivity index (χ0n) is 9.94. The molecule has 0 bridgehead atoms. The number of hydrogen-bond acceptors (Lipinski definition) is 4. The number of aromatic carboxylic acids is 1. The fourth-order valence-corrected chi connectivity index (χ4v) is 2.51. The normalized spacial score (nSPS) is 10.5. The molecule has 2 aromatic rings. The maximum Gasteiger partial charge on any atom is 0.355 e. The third-order valence-electron chi connectivity index (χ3n) is 2.37. The predicted octanol–water partition coefficient (Wildman–Crippen LogP) is 2.45. The van der Waals surface area contributed by atoms with E-state index >= 15 is 0 Å². The largest absolute Gasteiger partial charge is 0.476 e. The monoisotopic (exact) mass is 333 g/mol. The minimum absolute atomic E-state index is 0.0132. The van der Waals surface area contributed by atoms with Gasteiger partial charge in [-0.15, -0.1) is 11.3 Å². The molecule has 20 heavy (non-hydrogen) atoms. The van der Waals surface area contributed by atoms with Crippen LogP contribution in [0.5, 0.6) is 0 Å². The standard InChI is InChI=1S/C11H9Cl2N3O3S/c12-5-3-6(16-9(5)13)10(17)14-2-1-8-15-7(4-20-8)11(18)19/h3-4,16H,1-2H2,(H,14,17)(H,18,19). The first kappa shape index (κ1) is 14.8. The van der Waals surface area contributed by atoms with Crippen LogP contribution >= 0.6 is 34.5 Å². The summed E-state index contributed by atoms with van der Waals surface area (Å²) in [4.78, 5) is 29.0. The molecule has 0 saturated carbocycles. The van der Waals surface area contributed by atoms with E-state index in [4.69, 9.17) is 28.3 Å². The zero-order valence-corrected chi connectivity index (χ0v) is 12.3. The zero-order chi connectivity index (χ0) is 14.7. The number of hydrogen-bond donors (Lipinski definition) is 3. The van der Waals surface area contributed by atoms with E-state index in [-0.39, 0.29) is 27.5 Å². The first-order chi connectivity index (χ1) is 9.47.